The van der Waals surface area contributed by atoms with Crippen LogP contribution in [-0.2, 0) is 24.2 Å². The summed E-state index contributed by atoms with van der Waals surface area (Å²) in [5.41, 5.74) is 8.63. The number of hydrogen-bond acceptors (Lipinski definition) is 4. The minimum absolute atomic E-state index is 0.304. The first-order chi connectivity index (χ1) is 21.7. The van der Waals surface area contributed by atoms with E-state index in [2.05, 4.69) is 65.6 Å². The molecule has 1 aliphatic rings. The van der Waals surface area contributed by atoms with E-state index in [9.17, 15) is 4.79 Å². The molecule has 0 amide bonds. The molecule has 2 heterocycles. The first-order valence-electron chi connectivity index (χ1n) is 16.6. The smallest absolute Gasteiger partial charge is 0.339 e. The molecule has 0 spiro atoms. The van der Waals surface area contributed by atoms with E-state index in [1.54, 1.807) is 0 Å². The third-order valence-electron chi connectivity index (χ3n) is 8.87. The zero-order valence-corrected chi connectivity index (χ0v) is 27.5. The fourth-order valence-electron chi connectivity index (χ4n) is 6.67. The van der Waals surface area contributed by atoms with Crippen molar-refractivity contribution in [2.75, 3.05) is 0 Å². The van der Waals surface area contributed by atoms with Gasteiger partial charge in [-0.05, 0) is 93.3 Å². The van der Waals surface area contributed by atoms with Gasteiger partial charge < -0.3 is 13.9 Å². The van der Waals surface area contributed by atoms with Crippen LogP contribution in [0.4, 0.5) is 0 Å². The number of aromatic nitrogens is 4. The van der Waals surface area contributed by atoms with Crippen molar-refractivity contribution in [3.63, 3.8) is 0 Å². The van der Waals surface area contributed by atoms with E-state index in [1.165, 1.54) is 43.2 Å². The molecule has 0 atom stereocenters. The maximum Gasteiger partial charge on any atom is 0.339 e. The highest BCUT2D eigenvalue weighted by Crippen LogP contribution is 2.31. The Labute approximate surface area is 267 Å². The van der Waals surface area contributed by atoms with Crippen LogP contribution in [0.2, 0.25) is 0 Å². The molecule has 0 aliphatic heterocycles. The number of hydrogen-bond donors (Lipinski definition) is 0. The molecule has 0 bridgehead atoms. The summed E-state index contributed by atoms with van der Waals surface area (Å²) in [6.07, 6.45) is 12.9. The summed E-state index contributed by atoms with van der Waals surface area (Å²) in [6, 6.07) is 20.7. The van der Waals surface area contributed by atoms with Crippen LogP contribution in [0, 0.1) is 12.8 Å². The van der Waals surface area contributed by atoms with Crippen molar-refractivity contribution in [2.45, 2.75) is 98.3 Å². The number of imidazole rings is 2. The van der Waals surface area contributed by atoms with Gasteiger partial charge >= 0.3 is 5.97 Å². The number of esters is 1. The largest absolute Gasteiger partial charge is 0.456 e. The Morgan fingerprint density at radius 3 is 2.47 bits per heavy atom. The average molecular weight is 603 g/mol. The second kappa shape index (κ2) is 13.0. The van der Waals surface area contributed by atoms with E-state index in [0.717, 1.165) is 71.1 Å². The number of benzene rings is 3. The molecule has 1 saturated carbocycles. The molecule has 0 radical (unpaired) electrons. The van der Waals surface area contributed by atoms with Gasteiger partial charge in [-0.15, -0.1) is 0 Å². The minimum atomic E-state index is -0.551. The van der Waals surface area contributed by atoms with Crippen molar-refractivity contribution in [1.29, 1.82) is 0 Å². The van der Waals surface area contributed by atoms with Gasteiger partial charge in [-0.2, -0.15) is 0 Å². The molecule has 6 heteroatoms. The van der Waals surface area contributed by atoms with Crippen LogP contribution in [0.5, 0.6) is 0 Å². The molecule has 2 aromatic heterocycles. The zero-order chi connectivity index (χ0) is 31.6. The number of rotatable bonds is 9. The van der Waals surface area contributed by atoms with Gasteiger partial charge in [-0.3, -0.25) is 0 Å². The average Bonchev–Trinajstić information content (AvgIpc) is 3.62. The topological polar surface area (TPSA) is 61.9 Å². The molecular weight excluding hydrogens is 556 g/mol. The Morgan fingerprint density at radius 2 is 1.73 bits per heavy atom. The van der Waals surface area contributed by atoms with E-state index < -0.39 is 5.60 Å². The highest BCUT2D eigenvalue weighted by Gasteiger charge is 2.21. The Balaban J connectivity index is 1.29. The van der Waals surface area contributed by atoms with E-state index in [4.69, 9.17) is 14.7 Å². The van der Waals surface area contributed by atoms with Crippen LogP contribution < -0.4 is 0 Å². The molecule has 6 rings (SSSR count). The van der Waals surface area contributed by atoms with E-state index in [0.29, 0.717) is 5.56 Å². The standard InChI is InChI=1S/C39H46N4O2/c1-6-12-36-41-37-27(2)21-31(34-25-42(26-40-34)23-28-13-8-7-9-14-28)22-35(37)43(36)24-29-17-19-30(20-18-29)32-15-10-11-16-33(32)38(44)45-39(3,4)5/h10-11,15-22,25-26,28H,6-9,12-14,23-24H2,1-5H3. The Bertz CT molecular complexity index is 1780. The summed E-state index contributed by atoms with van der Waals surface area (Å²) < 4.78 is 10.3. The second-order valence-electron chi connectivity index (χ2n) is 13.7. The summed E-state index contributed by atoms with van der Waals surface area (Å²) >= 11 is 0. The summed E-state index contributed by atoms with van der Waals surface area (Å²) in [4.78, 5) is 22.9. The summed E-state index contributed by atoms with van der Waals surface area (Å²) in [5, 5.41) is 0. The van der Waals surface area contributed by atoms with Crippen LogP contribution in [0.25, 0.3) is 33.4 Å². The Hall–Kier alpha value is -4.19. The van der Waals surface area contributed by atoms with Crippen LogP contribution in [-0.4, -0.2) is 30.7 Å². The van der Waals surface area contributed by atoms with Crippen molar-refractivity contribution in [3.8, 4) is 22.4 Å². The summed E-state index contributed by atoms with van der Waals surface area (Å²) in [7, 11) is 0. The SMILES string of the molecule is CCCc1nc2c(C)cc(-c3cn(CC4CCCCC4)cn3)cc2n1Cc1ccc(-c2ccccc2C(=O)OC(C)(C)C)cc1. The molecule has 0 unspecified atom stereocenters. The molecule has 45 heavy (non-hydrogen) atoms. The third kappa shape index (κ3) is 7.06. The first kappa shape index (κ1) is 30.8. The number of ether oxygens (including phenoxy) is 1. The highest BCUT2D eigenvalue weighted by molar-refractivity contribution is 5.97. The van der Waals surface area contributed by atoms with Gasteiger partial charge in [0, 0.05) is 31.3 Å². The summed E-state index contributed by atoms with van der Waals surface area (Å²) in [6.45, 7) is 11.8. The molecule has 1 aliphatic carbocycles. The number of carbonyl (C=O) groups is 1. The lowest BCUT2D eigenvalue weighted by Crippen LogP contribution is -2.24. The highest BCUT2D eigenvalue weighted by atomic mass is 16.6. The lowest BCUT2D eigenvalue weighted by Gasteiger charge is -2.21. The lowest BCUT2D eigenvalue weighted by atomic mass is 9.89. The fourth-order valence-corrected chi connectivity index (χ4v) is 6.67. The van der Waals surface area contributed by atoms with Crippen LogP contribution in [0.3, 0.4) is 0 Å². The van der Waals surface area contributed by atoms with Gasteiger partial charge in [-0.1, -0.05) is 68.7 Å². The van der Waals surface area contributed by atoms with Gasteiger partial charge in [0.25, 0.3) is 0 Å². The molecule has 1 fully saturated rings. The quantitative estimate of drug-likeness (QED) is 0.158. The maximum absolute atomic E-state index is 13.0. The van der Waals surface area contributed by atoms with Gasteiger partial charge in [0.15, 0.2) is 0 Å². The normalized spacial score (nSPS) is 14.2. The Kier molecular flexibility index (Phi) is 8.93. The van der Waals surface area contributed by atoms with Gasteiger partial charge in [0.1, 0.15) is 11.4 Å². The minimum Gasteiger partial charge on any atom is -0.456 e. The third-order valence-corrected chi connectivity index (χ3v) is 8.87. The van der Waals surface area contributed by atoms with Gasteiger partial charge in [-0.25, -0.2) is 14.8 Å². The van der Waals surface area contributed by atoms with Crippen LogP contribution in [0.15, 0.2) is 73.2 Å². The van der Waals surface area contributed by atoms with Crippen LogP contribution >= 0.6 is 0 Å². The van der Waals surface area contributed by atoms with Crippen molar-refractivity contribution >= 4 is 17.0 Å². The lowest BCUT2D eigenvalue weighted by molar-refractivity contribution is 0.00704. The second-order valence-corrected chi connectivity index (χ2v) is 13.7. The zero-order valence-electron chi connectivity index (χ0n) is 27.5. The molecule has 0 saturated heterocycles. The maximum atomic E-state index is 13.0. The molecule has 0 N–H and O–H groups in total. The predicted octanol–water partition coefficient (Wildman–Crippen LogP) is 9.41. The number of aryl methyl sites for hydroxylation is 2. The van der Waals surface area contributed by atoms with E-state index >= 15 is 0 Å². The van der Waals surface area contributed by atoms with E-state index in [-0.39, 0.29) is 5.97 Å². The Morgan fingerprint density at radius 1 is 0.978 bits per heavy atom. The first-order valence-corrected chi connectivity index (χ1v) is 16.6. The fraction of sp³-hybridized carbons (Fsp3) is 0.410. The van der Waals surface area contributed by atoms with Crippen molar-refractivity contribution < 1.29 is 9.53 Å². The number of nitrogens with zero attached hydrogens (tertiary/aromatic N) is 4. The molecule has 3 aromatic carbocycles. The monoisotopic (exact) mass is 602 g/mol. The van der Waals surface area contributed by atoms with Crippen LogP contribution in [0.1, 0.15) is 93.5 Å². The number of carbonyl (C=O) groups excluding carboxylic acids is 1. The molecule has 6 nitrogen and oxygen atoms in total. The van der Waals surface area contributed by atoms with Crippen molar-refractivity contribution in [2.24, 2.45) is 5.92 Å². The number of fused-ring (bicyclic) bond motifs is 1. The van der Waals surface area contributed by atoms with Crippen molar-refractivity contribution in [3.05, 3.63) is 95.7 Å². The predicted molar refractivity (Wildman–Crippen MR) is 182 cm³/mol. The molecule has 234 valence electrons. The molecular formula is C39H46N4O2. The van der Waals surface area contributed by atoms with Crippen molar-refractivity contribution in [1.82, 2.24) is 19.1 Å². The van der Waals surface area contributed by atoms with E-state index in [1.807, 2.05) is 51.4 Å². The van der Waals surface area contributed by atoms with Gasteiger partial charge in [0.05, 0.1) is 28.6 Å². The van der Waals surface area contributed by atoms with Gasteiger partial charge in [0.2, 0.25) is 0 Å². The molecule has 5 aromatic rings. The summed E-state index contributed by atoms with van der Waals surface area (Å²) in [5.74, 6) is 1.57.